The number of hydrogen-bond donors (Lipinski definition) is 1. The highest BCUT2D eigenvalue weighted by Gasteiger charge is 2.10. The molecular weight excluding hydrogens is 282 g/mol. The van der Waals surface area contributed by atoms with Crippen molar-refractivity contribution in [2.24, 2.45) is 0 Å². The number of methoxy groups -OCH3 is 1. The molecule has 0 saturated heterocycles. The second-order valence-electron chi connectivity index (χ2n) is 4.87. The largest absolute Gasteiger partial charge is 0.494 e. The molecule has 0 fully saturated rings. The van der Waals surface area contributed by atoms with Crippen molar-refractivity contribution in [1.29, 1.82) is 0 Å². The van der Waals surface area contributed by atoms with Crippen LogP contribution in [0.25, 0.3) is 0 Å². The Labute approximate surface area is 130 Å². The molecule has 2 aromatic rings. The van der Waals surface area contributed by atoms with Gasteiger partial charge in [0, 0.05) is 13.7 Å². The maximum absolute atomic E-state index is 12.0. The number of hydrogen-bond acceptors (Lipinski definition) is 4. The lowest BCUT2D eigenvalue weighted by atomic mass is 10.2. The number of amides is 1. The Balaban J connectivity index is 1.84. The predicted octanol–water partition coefficient (Wildman–Crippen LogP) is 3.14. The van der Waals surface area contributed by atoms with Crippen LogP contribution in [-0.4, -0.2) is 19.6 Å². The second-order valence-corrected chi connectivity index (χ2v) is 4.87. The van der Waals surface area contributed by atoms with E-state index in [1.165, 1.54) is 0 Å². The molecule has 118 valence electrons. The van der Waals surface area contributed by atoms with E-state index in [-0.39, 0.29) is 11.7 Å². The van der Waals surface area contributed by atoms with Crippen LogP contribution >= 0.6 is 0 Å². The number of ether oxygens (including phenoxy) is 2. The molecule has 1 N–H and O–H groups in total. The highest BCUT2D eigenvalue weighted by molar-refractivity contribution is 5.91. The SMILES string of the molecule is CCCOc1ccc(CNC(=O)c2ccc(COC)o2)cc1. The first-order valence-corrected chi connectivity index (χ1v) is 7.30. The molecule has 0 aliphatic heterocycles. The van der Waals surface area contributed by atoms with Gasteiger partial charge < -0.3 is 19.2 Å². The van der Waals surface area contributed by atoms with Gasteiger partial charge in [-0.2, -0.15) is 0 Å². The molecule has 5 heteroatoms. The molecule has 0 bridgehead atoms. The van der Waals surface area contributed by atoms with Crippen molar-refractivity contribution >= 4 is 5.91 Å². The summed E-state index contributed by atoms with van der Waals surface area (Å²) in [5.74, 6) is 1.51. The number of benzene rings is 1. The van der Waals surface area contributed by atoms with E-state index < -0.39 is 0 Å². The zero-order chi connectivity index (χ0) is 15.8. The molecule has 0 spiro atoms. The molecule has 0 unspecified atom stereocenters. The number of furan rings is 1. The van der Waals surface area contributed by atoms with E-state index in [4.69, 9.17) is 13.9 Å². The van der Waals surface area contributed by atoms with Gasteiger partial charge in [0.1, 0.15) is 18.1 Å². The van der Waals surface area contributed by atoms with Crippen molar-refractivity contribution in [2.45, 2.75) is 26.5 Å². The van der Waals surface area contributed by atoms with Gasteiger partial charge in [-0.15, -0.1) is 0 Å². The third kappa shape index (κ3) is 4.63. The number of rotatable bonds is 8. The number of carbonyl (C=O) groups is 1. The fraction of sp³-hybridized carbons (Fsp3) is 0.353. The summed E-state index contributed by atoms with van der Waals surface area (Å²) in [6.07, 6.45) is 0.978. The molecule has 5 nitrogen and oxygen atoms in total. The molecule has 0 aliphatic carbocycles. The van der Waals surface area contributed by atoms with Gasteiger partial charge in [-0.1, -0.05) is 19.1 Å². The first-order valence-electron chi connectivity index (χ1n) is 7.30. The summed E-state index contributed by atoms with van der Waals surface area (Å²) < 4.78 is 15.8. The van der Waals surface area contributed by atoms with E-state index in [1.54, 1.807) is 19.2 Å². The lowest BCUT2D eigenvalue weighted by molar-refractivity contribution is 0.0914. The first kappa shape index (κ1) is 16.1. The van der Waals surface area contributed by atoms with Crippen LogP contribution in [0.3, 0.4) is 0 Å². The van der Waals surface area contributed by atoms with Crippen molar-refractivity contribution < 1.29 is 18.7 Å². The maximum atomic E-state index is 12.0. The lowest BCUT2D eigenvalue weighted by Gasteiger charge is -2.07. The monoisotopic (exact) mass is 303 g/mol. The minimum atomic E-state index is -0.242. The van der Waals surface area contributed by atoms with E-state index in [0.29, 0.717) is 25.5 Å². The summed E-state index contributed by atoms with van der Waals surface area (Å²) in [6, 6.07) is 11.1. The molecule has 0 atom stereocenters. The van der Waals surface area contributed by atoms with Crippen molar-refractivity contribution in [1.82, 2.24) is 5.32 Å². The summed E-state index contributed by atoms with van der Waals surface area (Å²) in [6.45, 7) is 3.56. The van der Waals surface area contributed by atoms with Crippen LogP contribution in [0.4, 0.5) is 0 Å². The zero-order valence-corrected chi connectivity index (χ0v) is 12.9. The highest BCUT2D eigenvalue weighted by Crippen LogP contribution is 2.13. The zero-order valence-electron chi connectivity index (χ0n) is 12.9. The smallest absolute Gasteiger partial charge is 0.287 e. The van der Waals surface area contributed by atoms with E-state index >= 15 is 0 Å². The Morgan fingerprint density at radius 2 is 1.95 bits per heavy atom. The topological polar surface area (TPSA) is 60.7 Å². The van der Waals surface area contributed by atoms with Crippen LogP contribution in [-0.2, 0) is 17.9 Å². The van der Waals surface area contributed by atoms with Crippen molar-refractivity contribution in [3.05, 3.63) is 53.5 Å². The van der Waals surface area contributed by atoms with Gasteiger partial charge in [-0.25, -0.2) is 0 Å². The fourth-order valence-corrected chi connectivity index (χ4v) is 1.91. The molecule has 0 saturated carbocycles. The van der Waals surface area contributed by atoms with Crippen LogP contribution in [0.15, 0.2) is 40.8 Å². The Hall–Kier alpha value is -2.27. The summed E-state index contributed by atoms with van der Waals surface area (Å²) in [5, 5.41) is 2.82. The maximum Gasteiger partial charge on any atom is 0.287 e. The van der Waals surface area contributed by atoms with Crippen LogP contribution in [0.5, 0.6) is 5.75 Å². The van der Waals surface area contributed by atoms with Crippen LogP contribution in [0.1, 0.15) is 35.2 Å². The summed E-state index contributed by atoms with van der Waals surface area (Å²) in [7, 11) is 1.58. The molecular formula is C17H21NO4. The minimum Gasteiger partial charge on any atom is -0.494 e. The summed E-state index contributed by atoms with van der Waals surface area (Å²) >= 11 is 0. The summed E-state index contributed by atoms with van der Waals surface area (Å²) in [4.78, 5) is 12.0. The number of nitrogens with one attached hydrogen (secondary N) is 1. The van der Waals surface area contributed by atoms with Gasteiger partial charge in [0.2, 0.25) is 0 Å². The van der Waals surface area contributed by atoms with Crippen LogP contribution in [0, 0.1) is 0 Å². The molecule has 1 aromatic heterocycles. The Morgan fingerprint density at radius 1 is 1.18 bits per heavy atom. The molecule has 2 rings (SSSR count). The molecule has 1 amide bonds. The van der Waals surface area contributed by atoms with Crippen molar-refractivity contribution in [3.8, 4) is 5.75 Å². The minimum absolute atomic E-state index is 0.242. The molecule has 22 heavy (non-hydrogen) atoms. The second kappa shape index (κ2) is 8.24. The fourth-order valence-electron chi connectivity index (χ4n) is 1.91. The average Bonchev–Trinajstić information content (AvgIpc) is 3.01. The summed E-state index contributed by atoms with van der Waals surface area (Å²) in [5.41, 5.74) is 1.00. The van der Waals surface area contributed by atoms with Crippen LogP contribution < -0.4 is 10.1 Å². The van der Waals surface area contributed by atoms with Gasteiger partial charge in [0.15, 0.2) is 5.76 Å². The third-order valence-electron chi connectivity index (χ3n) is 3.02. The quantitative estimate of drug-likeness (QED) is 0.814. The first-order chi connectivity index (χ1) is 10.7. The van der Waals surface area contributed by atoms with Gasteiger partial charge in [-0.05, 0) is 36.2 Å². The van der Waals surface area contributed by atoms with Crippen LogP contribution in [0.2, 0.25) is 0 Å². The van der Waals surface area contributed by atoms with Crippen molar-refractivity contribution in [2.75, 3.05) is 13.7 Å². The van der Waals surface area contributed by atoms with E-state index in [1.807, 2.05) is 24.3 Å². The normalized spacial score (nSPS) is 10.5. The molecule has 0 aliphatic rings. The molecule has 1 aromatic carbocycles. The Morgan fingerprint density at radius 3 is 2.64 bits per heavy atom. The number of carbonyl (C=O) groups excluding carboxylic acids is 1. The molecule has 1 heterocycles. The Bertz CT molecular complexity index is 589. The third-order valence-corrected chi connectivity index (χ3v) is 3.02. The van der Waals surface area contributed by atoms with Gasteiger partial charge in [0.25, 0.3) is 5.91 Å². The van der Waals surface area contributed by atoms with E-state index in [9.17, 15) is 4.79 Å². The molecule has 0 radical (unpaired) electrons. The van der Waals surface area contributed by atoms with Crippen molar-refractivity contribution in [3.63, 3.8) is 0 Å². The lowest BCUT2D eigenvalue weighted by Crippen LogP contribution is -2.22. The standard InChI is InChI=1S/C17H21NO4/c1-3-10-21-14-6-4-13(5-7-14)11-18-17(19)16-9-8-15(22-16)12-20-2/h4-9H,3,10-12H2,1-2H3,(H,18,19). The Kier molecular flexibility index (Phi) is 6.03. The van der Waals surface area contributed by atoms with Gasteiger partial charge >= 0.3 is 0 Å². The highest BCUT2D eigenvalue weighted by atomic mass is 16.5. The predicted molar refractivity (Wildman–Crippen MR) is 82.8 cm³/mol. The van der Waals surface area contributed by atoms with E-state index in [0.717, 1.165) is 17.7 Å². The average molecular weight is 303 g/mol. The van der Waals surface area contributed by atoms with Gasteiger partial charge in [-0.3, -0.25) is 4.79 Å². The van der Waals surface area contributed by atoms with E-state index in [2.05, 4.69) is 12.2 Å². The van der Waals surface area contributed by atoms with Gasteiger partial charge in [0.05, 0.1) is 6.61 Å².